The van der Waals surface area contributed by atoms with Gasteiger partial charge in [0.2, 0.25) is 0 Å². The molecule has 1 saturated carbocycles. The van der Waals surface area contributed by atoms with Crippen LogP contribution in [-0.4, -0.2) is 24.1 Å². The lowest BCUT2D eigenvalue weighted by atomic mass is 9.79. The molecule has 90 valence electrons. The highest BCUT2D eigenvalue weighted by Gasteiger charge is 2.23. The van der Waals surface area contributed by atoms with E-state index in [4.69, 9.17) is 0 Å². The first kappa shape index (κ1) is 13.4. The summed E-state index contributed by atoms with van der Waals surface area (Å²) in [6, 6.07) is 0.792. The summed E-state index contributed by atoms with van der Waals surface area (Å²) >= 11 is 1.96. The molecule has 3 atom stereocenters. The Kier molecular flexibility index (Phi) is 6.06. The second kappa shape index (κ2) is 6.80. The Labute approximate surface area is 99.8 Å². The highest BCUT2D eigenvalue weighted by atomic mass is 32.2. The summed E-state index contributed by atoms with van der Waals surface area (Å²) in [5.41, 5.74) is 0. The lowest BCUT2D eigenvalue weighted by Gasteiger charge is -2.32. The summed E-state index contributed by atoms with van der Waals surface area (Å²) in [4.78, 5) is 0. The van der Waals surface area contributed by atoms with Crippen molar-refractivity contribution < 1.29 is 0 Å². The van der Waals surface area contributed by atoms with Gasteiger partial charge in [0.15, 0.2) is 0 Å². The fourth-order valence-electron chi connectivity index (χ4n) is 2.43. The Morgan fingerprint density at radius 2 is 2.00 bits per heavy atom. The molecule has 1 N–H and O–H groups in total. The van der Waals surface area contributed by atoms with Crippen LogP contribution in [0.25, 0.3) is 0 Å². The minimum Gasteiger partial charge on any atom is -0.313 e. The fraction of sp³-hybridized carbons (Fsp3) is 1.00. The van der Waals surface area contributed by atoms with E-state index in [9.17, 15) is 0 Å². The van der Waals surface area contributed by atoms with Crippen LogP contribution < -0.4 is 5.32 Å². The maximum Gasteiger partial charge on any atom is 0.0141 e. The Morgan fingerprint density at radius 3 is 2.60 bits per heavy atom. The minimum atomic E-state index is 0.754. The van der Waals surface area contributed by atoms with Crippen molar-refractivity contribution in [1.82, 2.24) is 5.32 Å². The molecule has 1 rings (SSSR count). The van der Waals surface area contributed by atoms with E-state index in [2.05, 4.69) is 32.3 Å². The van der Waals surface area contributed by atoms with Crippen LogP contribution in [-0.2, 0) is 0 Å². The van der Waals surface area contributed by atoms with Gasteiger partial charge in [-0.1, -0.05) is 33.6 Å². The van der Waals surface area contributed by atoms with Crippen LogP contribution >= 0.6 is 11.8 Å². The van der Waals surface area contributed by atoms with Gasteiger partial charge in [0.05, 0.1) is 0 Å². The molecule has 0 aromatic rings. The molecule has 0 aromatic carbocycles. The number of nitrogens with one attached hydrogen (secondary N) is 1. The summed E-state index contributed by atoms with van der Waals surface area (Å²) in [6.07, 6.45) is 7.87. The van der Waals surface area contributed by atoms with Gasteiger partial charge >= 0.3 is 0 Å². The van der Waals surface area contributed by atoms with Crippen molar-refractivity contribution >= 4 is 11.8 Å². The topological polar surface area (TPSA) is 12.0 Å². The smallest absolute Gasteiger partial charge is 0.0141 e. The van der Waals surface area contributed by atoms with E-state index in [1.54, 1.807) is 0 Å². The second-order valence-corrected chi connectivity index (χ2v) is 6.60. The van der Waals surface area contributed by atoms with Gasteiger partial charge in [0.25, 0.3) is 0 Å². The van der Waals surface area contributed by atoms with Crippen molar-refractivity contribution in [3.63, 3.8) is 0 Å². The van der Waals surface area contributed by atoms with Crippen LogP contribution in [0.2, 0.25) is 0 Å². The molecule has 15 heavy (non-hydrogen) atoms. The molecular weight excluding hydrogens is 202 g/mol. The van der Waals surface area contributed by atoms with Crippen LogP contribution in [0.5, 0.6) is 0 Å². The molecule has 0 spiro atoms. The number of hydrogen-bond donors (Lipinski definition) is 1. The van der Waals surface area contributed by atoms with Crippen molar-refractivity contribution in [3.05, 3.63) is 0 Å². The third-order valence-corrected chi connectivity index (χ3v) is 4.73. The highest BCUT2D eigenvalue weighted by Crippen LogP contribution is 2.29. The molecule has 1 fully saturated rings. The van der Waals surface area contributed by atoms with Crippen LogP contribution in [0.4, 0.5) is 0 Å². The van der Waals surface area contributed by atoms with Crippen LogP contribution in [0, 0.1) is 11.8 Å². The van der Waals surface area contributed by atoms with Gasteiger partial charge in [-0.2, -0.15) is 11.8 Å². The molecule has 0 aliphatic heterocycles. The van der Waals surface area contributed by atoms with Gasteiger partial charge in [-0.3, -0.25) is 0 Å². The van der Waals surface area contributed by atoms with E-state index in [0.29, 0.717) is 0 Å². The maximum atomic E-state index is 3.74. The lowest BCUT2D eigenvalue weighted by molar-refractivity contribution is 0.232. The molecular formula is C13H27NS. The average molecular weight is 229 g/mol. The second-order valence-electron chi connectivity index (χ2n) is 5.32. The highest BCUT2D eigenvalue weighted by molar-refractivity contribution is 7.99. The molecule has 1 aliphatic rings. The van der Waals surface area contributed by atoms with Crippen molar-refractivity contribution in [2.24, 2.45) is 11.8 Å². The van der Waals surface area contributed by atoms with Gasteiger partial charge in [-0.15, -0.1) is 0 Å². The molecule has 0 saturated heterocycles. The zero-order chi connectivity index (χ0) is 11.3. The minimum absolute atomic E-state index is 0.754. The molecule has 0 heterocycles. The standard InChI is InChI=1S/C13H27NS/c1-10(2)12-6-5-7-13(8-12)14-9-11(3)15-4/h10-14H,5-9H2,1-4H3. The SMILES string of the molecule is CSC(C)CNC1CCCC(C(C)C)C1. The van der Waals surface area contributed by atoms with E-state index >= 15 is 0 Å². The van der Waals surface area contributed by atoms with Gasteiger partial charge in [0.1, 0.15) is 0 Å². The zero-order valence-corrected chi connectivity index (χ0v) is 11.6. The van der Waals surface area contributed by atoms with E-state index in [1.165, 1.54) is 32.2 Å². The summed E-state index contributed by atoms with van der Waals surface area (Å²) < 4.78 is 0. The molecule has 0 radical (unpaired) electrons. The van der Waals surface area contributed by atoms with E-state index in [-0.39, 0.29) is 0 Å². The Balaban J connectivity index is 2.24. The monoisotopic (exact) mass is 229 g/mol. The van der Waals surface area contributed by atoms with Gasteiger partial charge in [-0.05, 0) is 30.9 Å². The van der Waals surface area contributed by atoms with Gasteiger partial charge < -0.3 is 5.32 Å². The summed E-state index contributed by atoms with van der Waals surface area (Å²) in [5, 5.41) is 4.49. The molecule has 0 aromatic heterocycles. The normalized spacial score (nSPS) is 29.4. The average Bonchev–Trinajstić information content (AvgIpc) is 2.26. The van der Waals surface area contributed by atoms with Crippen molar-refractivity contribution in [2.75, 3.05) is 12.8 Å². The molecule has 2 heteroatoms. The lowest BCUT2D eigenvalue weighted by Crippen LogP contribution is -2.38. The van der Waals surface area contributed by atoms with Crippen LogP contribution in [0.1, 0.15) is 46.5 Å². The van der Waals surface area contributed by atoms with E-state index < -0.39 is 0 Å². The first-order valence-electron chi connectivity index (χ1n) is 6.39. The Hall–Kier alpha value is 0.310. The summed E-state index contributed by atoms with van der Waals surface area (Å²) in [7, 11) is 0. The number of hydrogen-bond acceptors (Lipinski definition) is 2. The molecule has 3 unspecified atom stereocenters. The Morgan fingerprint density at radius 1 is 1.27 bits per heavy atom. The summed E-state index contributed by atoms with van der Waals surface area (Å²) in [6.45, 7) is 8.23. The number of thioether (sulfide) groups is 1. The molecule has 1 aliphatic carbocycles. The largest absolute Gasteiger partial charge is 0.313 e. The van der Waals surface area contributed by atoms with Crippen LogP contribution in [0.15, 0.2) is 0 Å². The van der Waals surface area contributed by atoms with Crippen LogP contribution in [0.3, 0.4) is 0 Å². The van der Waals surface area contributed by atoms with E-state index in [1.807, 2.05) is 11.8 Å². The maximum absolute atomic E-state index is 3.74. The summed E-state index contributed by atoms with van der Waals surface area (Å²) in [5.74, 6) is 1.83. The van der Waals surface area contributed by atoms with Crippen molar-refractivity contribution in [1.29, 1.82) is 0 Å². The van der Waals surface area contributed by atoms with Gasteiger partial charge in [0, 0.05) is 17.8 Å². The van der Waals surface area contributed by atoms with Crippen molar-refractivity contribution in [2.45, 2.75) is 57.7 Å². The first-order valence-corrected chi connectivity index (χ1v) is 7.68. The third-order valence-electron chi connectivity index (χ3n) is 3.75. The Bertz CT molecular complexity index is 170. The first-order chi connectivity index (χ1) is 7.13. The zero-order valence-electron chi connectivity index (χ0n) is 10.8. The predicted molar refractivity (Wildman–Crippen MR) is 71.6 cm³/mol. The molecule has 0 amide bonds. The van der Waals surface area contributed by atoms with Crippen molar-refractivity contribution in [3.8, 4) is 0 Å². The third kappa shape index (κ3) is 4.78. The van der Waals surface area contributed by atoms with Gasteiger partial charge in [-0.25, -0.2) is 0 Å². The number of rotatable bonds is 5. The molecule has 0 bridgehead atoms. The van der Waals surface area contributed by atoms with E-state index in [0.717, 1.165) is 23.1 Å². The fourth-order valence-corrected chi connectivity index (χ4v) is 2.70. The predicted octanol–water partition coefficient (Wildman–Crippen LogP) is 3.54. The molecule has 1 nitrogen and oxygen atoms in total. The quantitative estimate of drug-likeness (QED) is 0.774.